The highest BCUT2D eigenvalue weighted by Crippen LogP contribution is 2.35. The van der Waals surface area contributed by atoms with E-state index in [2.05, 4.69) is 73.7 Å². The van der Waals surface area contributed by atoms with Gasteiger partial charge in [0.2, 0.25) is 0 Å². The van der Waals surface area contributed by atoms with E-state index in [1.807, 2.05) is 0 Å². The molecule has 1 aliphatic rings. The molecule has 2 heteroatoms. The van der Waals surface area contributed by atoms with E-state index in [0.717, 1.165) is 28.3 Å². The van der Waals surface area contributed by atoms with Gasteiger partial charge in [-0.05, 0) is 18.4 Å². The van der Waals surface area contributed by atoms with Crippen LogP contribution in [0.4, 0.5) is 0 Å². The van der Waals surface area contributed by atoms with Gasteiger partial charge in [-0.25, -0.2) is 9.97 Å². The van der Waals surface area contributed by atoms with Crippen molar-refractivity contribution in [1.29, 1.82) is 0 Å². The minimum absolute atomic E-state index is 0.455. The van der Waals surface area contributed by atoms with Crippen molar-refractivity contribution in [3.05, 3.63) is 72.6 Å². The normalized spacial score (nSPS) is 20.6. The molecule has 4 rings (SSSR count). The second-order valence-corrected chi connectivity index (χ2v) is 7.80. The average Bonchev–Trinajstić information content (AvgIpc) is 2.72. The molecule has 1 saturated carbocycles. The lowest BCUT2D eigenvalue weighted by Crippen LogP contribution is -2.16. The Kier molecular flexibility index (Phi) is 5.62. The summed E-state index contributed by atoms with van der Waals surface area (Å²) >= 11 is 0. The number of benzene rings is 2. The van der Waals surface area contributed by atoms with Crippen molar-refractivity contribution >= 4 is 0 Å². The van der Waals surface area contributed by atoms with E-state index in [4.69, 9.17) is 9.97 Å². The summed E-state index contributed by atoms with van der Waals surface area (Å²) in [5, 5.41) is 0. The van der Waals surface area contributed by atoms with Gasteiger partial charge in [-0.1, -0.05) is 99.7 Å². The summed E-state index contributed by atoms with van der Waals surface area (Å²) in [6.45, 7) is 2.39. The first kappa shape index (κ1) is 17.9. The summed E-state index contributed by atoms with van der Waals surface area (Å²) in [7, 11) is 0. The molecule has 3 aromatic rings. The first-order chi connectivity index (χ1) is 13.3. The van der Waals surface area contributed by atoms with Gasteiger partial charge in [0.25, 0.3) is 0 Å². The maximum atomic E-state index is 5.06. The Hall–Kier alpha value is -2.48. The SMILES string of the molecule is CC1CCCCCCC1c1nc(-c2ccccc2)cc(-c2ccccc2)n1. The maximum absolute atomic E-state index is 5.06. The van der Waals surface area contributed by atoms with Crippen molar-refractivity contribution in [2.45, 2.75) is 51.4 Å². The molecule has 0 radical (unpaired) electrons. The van der Waals surface area contributed by atoms with Gasteiger partial charge in [-0.2, -0.15) is 0 Å². The number of hydrogen-bond acceptors (Lipinski definition) is 2. The second kappa shape index (κ2) is 8.47. The molecular formula is C25H28N2. The summed E-state index contributed by atoms with van der Waals surface area (Å²) in [6.07, 6.45) is 7.82. The van der Waals surface area contributed by atoms with E-state index >= 15 is 0 Å². The molecule has 0 saturated heterocycles. The Morgan fingerprint density at radius 2 is 1.19 bits per heavy atom. The predicted octanol–water partition coefficient (Wildman–Crippen LogP) is 6.88. The quantitative estimate of drug-likeness (QED) is 0.511. The smallest absolute Gasteiger partial charge is 0.133 e. The van der Waals surface area contributed by atoms with E-state index in [0.29, 0.717) is 11.8 Å². The van der Waals surface area contributed by atoms with Gasteiger partial charge in [0.15, 0.2) is 0 Å². The lowest BCUT2D eigenvalue weighted by atomic mass is 9.82. The van der Waals surface area contributed by atoms with Crippen molar-refractivity contribution in [2.24, 2.45) is 5.92 Å². The average molecular weight is 357 g/mol. The largest absolute Gasteiger partial charge is 0.233 e. The van der Waals surface area contributed by atoms with E-state index < -0.39 is 0 Å². The van der Waals surface area contributed by atoms with Crippen LogP contribution in [0, 0.1) is 5.92 Å². The van der Waals surface area contributed by atoms with Crippen molar-refractivity contribution in [1.82, 2.24) is 9.97 Å². The van der Waals surface area contributed by atoms with Crippen molar-refractivity contribution in [2.75, 3.05) is 0 Å². The zero-order valence-corrected chi connectivity index (χ0v) is 16.1. The Balaban J connectivity index is 1.80. The molecule has 138 valence electrons. The fourth-order valence-electron chi connectivity index (χ4n) is 4.20. The van der Waals surface area contributed by atoms with Gasteiger partial charge in [-0.15, -0.1) is 0 Å². The van der Waals surface area contributed by atoms with Gasteiger partial charge < -0.3 is 0 Å². The van der Waals surface area contributed by atoms with E-state index in [1.54, 1.807) is 0 Å². The van der Waals surface area contributed by atoms with Crippen LogP contribution in [0.25, 0.3) is 22.5 Å². The van der Waals surface area contributed by atoms with Crippen LogP contribution in [-0.4, -0.2) is 9.97 Å². The molecule has 1 aromatic heterocycles. The molecule has 0 bridgehead atoms. The van der Waals surface area contributed by atoms with Crippen LogP contribution in [0.3, 0.4) is 0 Å². The Morgan fingerprint density at radius 1 is 0.667 bits per heavy atom. The van der Waals surface area contributed by atoms with E-state index in [1.165, 1.54) is 38.5 Å². The molecule has 27 heavy (non-hydrogen) atoms. The summed E-state index contributed by atoms with van der Waals surface area (Å²) in [5.74, 6) is 2.13. The number of hydrogen-bond donors (Lipinski definition) is 0. The molecule has 0 amide bonds. The highest BCUT2D eigenvalue weighted by Gasteiger charge is 2.24. The number of nitrogens with zero attached hydrogens (tertiary/aromatic N) is 2. The van der Waals surface area contributed by atoms with Crippen LogP contribution >= 0.6 is 0 Å². The zero-order chi connectivity index (χ0) is 18.5. The van der Waals surface area contributed by atoms with Gasteiger partial charge in [-0.3, -0.25) is 0 Å². The molecule has 2 aromatic carbocycles. The van der Waals surface area contributed by atoms with Crippen molar-refractivity contribution in [3.8, 4) is 22.5 Å². The van der Waals surface area contributed by atoms with Gasteiger partial charge in [0, 0.05) is 17.0 Å². The second-order valence-electron chi connectivity index (χ2n) is 7.80. The minimum Gasteiger partial charge on any atom is -0.233 e. The molecule has 2 unspecified atom stereocenters. The van der Waals surface area contributed by atoms with Crippen LogP contribution < -0.4 is 0 Å². The fraction of sp³-hybridized carbons (Fsp3) is 0.360. The van der Waals surface area contributed by atoms with E-state index in [-0.39, 0.29) is 0 Å². The van der Waals surface area contributed by atoms with Crippen LogP contribution in [0.1, 0.15) is 57.2 Å². The van der Waals surface area contributed by atoms with E-state index in [9.17, 15) is 0 Å². The third-order valence-corrected chi connectivity index (χ3v) is 5.83. The first-order valence-electron chi connectivity index (χ1n) is 10.3. The monoisotopic (exact) mass is 356 g/mol. The lowest BCUT2D eigenvalue weighted by molar-refractivity contribution is 0.342. The Morgan fingerprint density at radius 3 is 1.74 bits per heavy atom. The summed E-state index contributed by atoms with van der Waals surface area (Å²) in [4.78, 5) is 10.1. The molecule has 2 atom stereocenters. The first-order valence-corrected chi connectivity index (χ1v) is 10.3. The fourth-order valence-corrected chi connectivity index (χ4v) is 4.20. The topological polar surface area (TPSA) is 25.8 Å². The molecular weight excluding hydrogens is 328 g/mol. The molecule has 0 spiro atoms. The number of rotatable bonds is 3. The van der Waals surface area contributed by atoms with Gasteiger partial charge in [0.1, 0.15) is 5.82 Å². The summed E-state index contributed by atoms with van der Waals surface area (Å²) < 4.78 is 0. The lowest BCUT2D eigenvalue weighted by Gasteiger charge is -2.26. The molecule has 1 aliphatic carbocycles. The van der Waals surface area contributed by atoms with Gasteiger partial charge >= 0.3 is 0 Å². The predicted molar refractivity (Wildman–Crippen MR) is 113 cm³/mol. The van der Waals surface area contributed by atoms with Crippen molar-refractivity contribution < 1.29 is 0 Å². The molecule has 2 nitrogen and oxygen atoms in total. The summed E-state index contributed by atoms with van der Waals surface area (Å²) in [6, 6.07) is 23.1. The number of aromatic nitrogens is 2. The van der Waals surface area contributed by atoms with Crippen LogP contribution in [0.5, 0.6) is 0 Å². The molecule has 0 N–H and O–H groups in total. The highest BCUT2D eigenvalue weighted by molar-refractivity contribution is 5.67. The van der Waals surface area contributed by atoms with Crippen molar-refractivity contribution in [3.63, 3.8) is 0 Å². The maximum Gasteiger partial charge on any atom is 0.133 e. The highest BCUT2D eigenvalue weighted by atomic mass is 14.9. The minimum atomic E-state index is 0.455. The Bertz CT molecular complexity index is 800. The van der Waals surface area contributed by atoms with Crippen LogP contribution in [-0.2, 0) is 0 Å². The zero-order valence-electron chi connectivity index (χ0n) is 16.1. The third kappa shape index (κ3) is 4.27. The van der Waals surface area contributed by atoms with Gasteiger partial charge in [0.05, 0.1) is 11.4 Å². The summed E-state index contributed by atoms with van der Waals surface area (Å²) in [5.41, 5.74) is 4.40. The Labute approximate surface area is 162 Å². The molecule has 1 heterocycles. The molecule has 0 aliphatic heterocycles. The molecule has 1 fully saturated rings. The van der Waals surface area contributed by atoms with Crippen LogP contribution in [0.2, 0.25) is 0 Å². The van der Waals surface area contributed by atoms with Crippen LogP contribution in [0.15, 0.2) is 66.7 Å². The standard InChI is InChI=1S/C25H28N2/c1-19-12-6-2-3-11-17-22(19)25-26-23(20-13-7-4-8-14-20)18-24(27-25)21-15-9-5-10-16-21/h4-5,7-10,13-16,18-19,22H,2-3,6,11-12,17H2,1H3. The third-order valence-electron chi connectivity index (χ3n) is 5.83.